The highest BCUT2D eigenvalue weighted by atomic mass is 15.0. The third-order valence-corrected chi connectivity index (χ3v) is 3.88. The SMILES string of the molecule is c1ccc(Nc2ccc(CCCCNc3ccccn3)cc2)cc1. The number of rotatable bonds is 8. The van der Waals surface area contributed by atoms with E-state index in [0.29, 0.717) is 0 Å². The summed E-state index contributed by atoms with van der Waals surface area (Å²) in [6.45, 7) is 0.963. The van der Waals surface area contributed by atoms with E-state index in [1.54, 1.807) is 0 Å². The van der Waals surface area contributed by atoms with Gasteiger partial charge in [0.2, 0.25) is 0 Å². The van der Waals surface area contributed by atoms with Gasteiger partial charge in [0.15, 0.2) is 0 Å². The zero-order valence-electron chi connectivity index (χ0n) is 13.8. The predicted octanol–water partition coefficient (Wildman–Crippen LogP) is 5.26. The molecule has 2 aromatic carbocycles. The standard InChI is InChI=1S/C21H23N3/c1-2-9-19(10-3-1)24-20-14-12-18(13-15-20)8-4-6-16-22-21-11-5-7-17-23-21/h1-3,5,7,9-15,17,24H,4,6,8,16H2,(H,22,23). The number of hydrogen-bond donors (Lipinski definition) is 2. The Hall–Kier alpha value is -2.81. The molecule has 0 atom stereocenters. The fourth-order valence-electron chi connectivity index (χ4n) is 2.58. The zero-order chi connectivity index (χ0) is 16.5. The van der Waals surface area contributed by atoms with Gasteiger partial charge in [-0.2, -0.15) is 0 Å². The van der Waals surface area contributed by atoms with Crippen molar-refractivity contribution in [3.8, 4) is 0 Å². The van der Waals surface area contributed by atoms with Gasteiger partial charge in [-0.05, 0) is 61.2 Å². The second-order valence-corrected chi connectivity index (χ2v) is 5.79. The van der Waals surface area contributed by atoms with Crippen LogP contribution in [0, 0.1) is 0 Å². The first kappa shape index (κ1) is 16.1. The van der Waals surface area contributed by atoms with Crippen LogP contribution in [-0.2, 0) is 6.42 Å². The molecule has 0 aliphatic rings. The van der Waals surface area contributed by atoms with Crippen LogP contribution in [-0.4, -0.2) is 11.5 Å². The average molecular weight is 317 g/mol. The maximum absolute atomic E-state index is 4.26. The van der Waals surface area contributed by atoms with E-state index < -0.39 is 0 Å². The van der Waals surface area contributed by atoms with Crippen LogP contribution in [0.3, 0.4) is 0 Å². The van der Waals surface area contributed by atoms with Crippen molar-refractivity contribution in [2.75, 3.05) is 17.2 Å². The normalized spacial score (nSPS) is 10.3. The molecule has 3 heteroatoms. The Bertz CT molecular complexity index is 709. The van der Waals surface area contributed by atoms with Crippen molar-refractivity contribution < 1.29 is 0 Å². The van der Waals surface area contributed by atoms with Crippen molar-refractivity contribution in [2.24, 2.45) is 0 Å². The third-order valence-electron chi connectivity index (χ3n) is 3.88. The fraction of sp³-hybridized carbons (Fsp3) is 0.190. The summed E-state index contributed by atoms with van der Waals surface area (Å²) < 4.78 is 0. The largest absolute Gasteiger partial charge is 0.370 e. The summed E-state index contributed by atoms with van der Waals surface area (Å²) in [6.07, 6.45) is 5.23. The highest BCUT2D eigenvalue weighted by Crippen LogP contribution is 2.17. The maximum atomic E-state index is 4.26. The van der Waals surface area contributed by atoms with E-state index in [2.05, 4.69) is 52.0 Å². The molecule has 3 nitrogen and oxygen atoms in total. The smallest absolute Gasteiger partial charge is 0.125 e. The molecule has 0 fully saturated rings. The number of para-hydroxylation sites is 1. The van der Waals surface area contributed by atoms with Gasteiger partial charge in [0.05, 0.1) is 0 Å². The van der Waals surface area contributed by atoms with Gasteiger partial charge in [0.25, 0.3) is 0 Å². The van der Waals surface area contributed by atoms with E-state index >= 15 is 0 Å². The van der Waals surface area contributed by atoms with Crippen LogP contribution in [0.25, 0.3) is 0 Å². The molecule has 1 heterocycles. The van der Waals surface area contributed by atoms with E-state index in [4.69, 9.17) is 0 Å². The number of anilines is 3. The molecule has 0 bridgehead atoms. The Kier molecular flexibility index (Phi) is 5.84. The molecule has 122 valence electrons. The summed E-state index contributed by atoms with van der Waals surface area (Å²) >= 11 is 0. The second-order valence-electron chi connectivity index (χ2n) is 5.79. The van der Waals surface area contributed by atoms with Gasteiger partial charge in [0, 0.05) is 24.1 Å². The molecular weight excluding hydrogens is 294 g/mol. The van der Waals surface area contributed by atoms with Gasteiger partial charge < -0.3 is 10.6 Å². The Labute approximate surface area is 143 Å². The summed E-state index contributed by atoms with van der Waals surface area (Å²) in [5, 5.41) is 6.75. The Morgan fingerprint density at radius 2 is 1.46 bits per heavy atom. The Morgan fingerprint density at radius 1 is 0.708 bits per heavy atom. The van der Waals surface area contributed by atoms with E-state index in [9.17, 15) is 0 Å². The van der Waals surface area contributed by atoms with Crippen LogP contribution in [0.2, 0.25) is 0 Å². The van der Waals surface area contributed by atoms with Crippen LogP contribution in [0.4, 0.5) is 17.2 Å². The Morgan fingerprint density at radius 3 is 2.21 bits per heavy atom. The summed E-state index contributed by atoms with van der Waals surface area (Å²) in [5.41, 5.74) is 3.62. The van der Waals surface area contributed by atoms with Crippen molar-refractivity contribution in [2.45, 2.75) is 19.3 Å². The van der Waals surface area contributed by atoms with Gasteiger partial charge >= 0.3 is 0 Å². The van der Waals surface area contributed by atoms with Crippen molar-refractivity contribution in [1.82, 2.24) is 4.98 Å². The molecule has 0 amide bonds. The van der Waals surface area contributed by atoms with Crippen molar-refractivity contribution >= 4 is 17.2 Å². The topological polar surface area (TPSA) is 37.0 Å². The van der Waals surface area contributed by atoms with Crippen LogP contribution >= 0.6 is 0 Å². The molecule has 0 spiro atoms. The number of pyridine rings is 1. The molecule has 0 aliphatic carbocycles. The predicted molar refractivity (Wildman–Crippen MR) is 102 cm³/mol. The number of unbranched alkanes of at least 4 members (excludes halogenated alkanes) is 1. The lowest BCUT2D eigenvalue weighted by atomic mass is 10.1. The summed E-state index contributed by atoms with van der Waals surface area (Å²) in [5.74, 6) is 0.953. The van der Waals surface area contributed by atoms with E-state index in [1.807, 2.05) is 42.6 Å². The zero-order valence-corrected chi connectivity index (χ0v) is 13.8. The van der Waals surface area contributed by atoms with Crippen LogP contribution in [0.15, 0.2) is 79.0 Å². The number of nitrogens with zero attached hydrogens (tertiary/aromatic N) is 1. The van der Waals surface area contributed by atoms with Gasteiger partial charge in [-0.3, -0.25) is 0 Å². The van der Waals surface area contributed by atoms with E-state index in [0.717, 1.165) is 36.6 Å². The summed E-state index contributed by atoms with van der Waals surface area (Å²) in [4.78, 5) is 4.26. The number of aromatic nitrogens is 1. The lowest BCUT2D eigenvalue weighted by molar-refractivity contribution is 0.761. The first-order valence-electron chi connectivity index (χ1n) is 8.46. The van der Waals surface area contributed by atoms with Crippen LogP contribution in [0.1, 0.15) is 18.4 Å². The fourth-order valence-corrected chi connectivity index (χ4v) is 2.58. The second kappa shape index (κ2) is 8.73. The lowest BCUT2D eigenvalue weighted by Crippen LogP contribution is -2.03. The summed E-state index contributed by atoms with van der Waals surface area (Å²) in [6, 6.07) is 24.9. The first-order chi connectivity index (χ1) is 11.9. The maximum Gasteiger partial charge on any atom is 0.125 e. The number of aryl methyl sites for hydroxylation is 1. The first-order valence-corrected chi connectivity index (χ1v) is 8.46. The molecule has 0 saturated carbocycles. The van der Waals surface area contributed by atoms with Crippen molar-refractivity contribution in [3.63, 3.8) is 0 Å². The molecule has 3 aromatic rings. The molecule has 1 aromatic heterocycles. The van der Waals surface area contributed by atoms with Gasteiger partial charge in [0.1, 0.15) is 5.82 Å². The number of benzene rings is 2. The summed E-state index contributed by atoms with van der Waals surface area (Å²) in [7, 11) is 0. The molecule has 0 radical (unpaired) electrons. The van der Waals surface area contributed by atoms with Crippen molar-refractivity contribution in [3.05, 3.63) is 84.6 Å². The molecular formula is C21H23N3. The minimum Gasteiger partial charge on any atom is -0.370 e. The lowest BCUT2D eigenvalue weighted by Gasteiger charge is -2.08. The average Bonchev–Trinajstić information content (AvgIpc) is 2.65. The van der Waals surface area contributed by atoms with E-state index in [1.165, 1.54) is 12.0 Å². The molecule has 3 rings (SSSR count). The molecule has 0 unspecified atom stereocenters. The molecule has 24 heavy (non-hydrogen) atoms. The quantitative estimate of drug-likeness (QED) is 0.556. The monoisotopic (exact) mass is 317 g/mol. The minimum absolute atomic E-state index is 0.953. The van der Waals surface area contributed by atoms with Gasteiger partial charge in [-0.15, -0.1) is 0 Å². The van der Waals surface area contributed by atoms with Gasteiger partial charge in [-0.25, -0.2) is 4.98 Å². The van der Waals surface area contributed by atoms with Crippen LogP contribution in [0.5, 0.6) is 0 Å². The molecule has 0 aliphatic heterocycles. The highest BCUT2D eigenvalue weighted by Gasteiger charge is 1.97. The van der Waals surface area contributed by atoms with Gasteiger partial charge in [-0.1, -0.05) is 36.4 Å². The minimum atomic E-state index is 0.953. The molecule has 0 saturated heterocycles. The molecule has 2 N–H and O–H groups in total. The number of hydrogen-bond acceptors (Lipinski definition) is 3. The van der Waals surface area contributed by atoms with E-state index in [-0.39, 0.29) is 0 Å². The van der Waals surface area contributed by atoms with Crippen LogP contribution < -0.4 is 10.6 Å². The Balaban J connectivity index is 1.38. The number of nitrogens with one attached hydrogen (secondary N) is 2. The van der Waals surface area contributed by atoms with Crippen molar-refractivity contribution in [1.29, 1.82) is 0 Å². The third kappa shape index (κ3) is 5.13. The highest BCUT2D eigenvalue weighted by molar-refractivity contribution is 5.59.